The van der Waals surface area contributed by atoms with E-state index < -0.39 is 23.4 Å². The van der Waals surface area contributed by atoms with E-state index in [-0.39, 0.29) is 29.0 Å². The molecule has 4 rings (SSSR count). The topological polar surface area (TPSA) is 128 Å². The van der Waals surface area contributed by atoms with Gasteiger partial charge in [-0.2, -0.15) is 0 Å². The van der Waals surface area contributed by atoms with Gasteiger partial charge >= 0.3 is 11.9 Å². The van der Waals surface area contributed by atoms with Gasteiger partial charge in [-0.1, -0.05) is 30.3 Å². The molecule has 1 aromatic carbocycles. The molecule has 11 heteroatoms. The van der Waals surface area contributed by atoms with Crippen molar-refractivity contribution in [3.05, 3.63) is 68.4 Å². The molecule has 0 aliphatic carbocycles. The Bertz CT molecular complexity index is 1470. The molecule has 0 saturated heterocycles. The van der Waals surface area contributed by atoms with Crippen LogP contribution in [0.15, 0.2) is 46.8 Å². The molecule has 0 spiro atoms. The third kappa shape index (κ3) is 4.35. The molecule has 3 heterocycles. The zero-order chi connectivity index (χ0) is 24.4. The number of aryl methyl sites for hydroxylation is 1. The number of carboxylic acid groups (broad SMARTS) is 1. The summed E-state index contributed by atoms with van der Waals surface area (Å²) in [5.41, 5.74) is 1.48. The summed E-state index contributed by atoms with van der Waals surface area (Å²) >= 11 is 2.09. The molecule has 1 amide bonds. The third-order valence-electron chi connectivity index (χ3n) is 5.03. The highest BCUT2D eigenvalue weighted by Gasteiger charge is 2.24. The molecule has 174 valence electrons. The highest BCUT2D eigenvalue weighted by atomic mass is 32.1. The minimum Gasteiger partial charge on any atom is -0.477 e. The molecule has 0 aliphatic rings. The third-order valence-corrected chi connectivity index (χ3v) is 7.12. The van der Waals surface area contributed by atoms with E-state index in [1.165, 1.54) is 24.6 Å². The summed E-state index contributed by atoms with van der Waals surface area (Å²) in [4.78, 5) is 54.3. The highest BCUT2D eigenvalue weighted by Crippen LogP contribution is 2.36. The number of carbonyl (C=O) groups excluding carboxylic acids is 2. The molecule has 0 unspecified atom stereocenters. The number of rotatable bonds is 7. The molecule has 9 nitrogen and oxygen atoms in total. The Kier molecular flexibility index (Phi) is 6.57. The lowest BCUT2D eigenvalue weighted by molar-refractivity contribution is -0.116. The quantitative estimate of drug-likeness (QED) is 0.369. The van der Waals surface area contributed by atoms with Gasteiger partial charge in [0.05, 0.1) is 18.3 Å². The van der Waals surface area contributed by atoms with Gasteiger partial charge in [-0.3, -0.25) is 14.2 Å². The number of esters is 1. The van der Waals surface area contributed by atoms with Crippen LogP contribution in [0.25, 0.3) is 21.3 Å². The van der Waals surface area contributed by atoms with E-state index in [4.69, 9.17) is 4.74 Å². The average Bonchev–Trinajstić information content (AvgIpc) is 3.38. The maximum atomic E-state index is 12.9. The number of aromatic nitrogens is 2. The first kappa shape index (κ1) is 23.3. The van der Waals surface area contributed by atoms with Crippen LogP contribution >= 0.6 is 22.7 Å². The monoisotopic (exact) mass is 497 g/mol. The summed E-state index contributed by atoms with van der Waals surface area (Å²) in [6.45, 7) is 3.05. The maximum absolute atomic E-state index is 12.9. The molecule has 2 N–H and O–H groups in total. The van der Waals surface area contributed by atoms with Gasteiger partial charge in [0.2, 0.25) is 5.91 Å². The van der Waals surface area contributed by atoms with Crippen molar-refractivity contribution in [2.45, 2.75) is 20.4 Å². The zero-order valence-electron chi connectivity index (χ0n) is 18.2. The lowest BCUT2D eigenvalue weighted by atomic mass is 10.0. The van der Waals surface area contributed by atoms with Crippen LogP contribution in [0.5, 0.6) is 0 Å². The van der Waals surface area contributed by atoms with Crippen LogP contribution in [0.4, 0.5) is 5.00 Å². The number of thiophene rings is 2. The van der Waals surface area contributed by atoms with Crippen molar-refractivity contribution in [1.29, 1.82) is 0 Å². The first-order valence-corrected chi connectivity index (χ1v) is 11.9. The zero-order valence-corrected chi connectivity index (χ0v) is 19.8. The number of hydrogen-bond acceptors (Lipinski definition) is 8. The Morgan fingerprint density at radius 3 is 2.62 bits per heavy atom. The van der Waals surface area contributed by atoms with Gasteiger partial charge in [0.1, 0.15) is 26.8 Å². The number of ether oxygens (including phenoxy) is 1. The minimum absolute atomic E-state index is 0.0351. The second-order valence-corrected chi connectivity index (χ2v) is 9.09. The van der Waals surface area contributed by atoms with Crippen LogP contribution in [0.2, 0.25) is 0 Å². The summed E-state index contributed by atoms with van der Waals surface area (Å²) in [6.07, 6.45) is 1.21. The van der Waals surface area contributed by atoms with Crippen molar-refractivity contribution in [3.8, 4) is 11.1 Å². The Morgan fingerprint density at radius 2 is 1.94 bits per heavy atom. The first-order valence-electron chi connectivity index (χ1n) is 10.2. The second-order valence-electron chi connectivity index (χ2n) is 7.21. The fraction of sp³-hybridized carbons (Fsp3) is 0.174. The number of carbonyl (C=O) groups is 3. The summed E-state index contributed by atoms with van der Waals surface area (Å²) in [5.74, 6) is -2.24. The van der Waals surface area contributed by atoms with E-state index in [0.29, 0.717) is 21.0 Å². The molecular formula is C23H19N3O6S2. The largest absolute Gasteiger partial charge is 0.477 e. The standard InChI is InChI=1S/C23H19N3O6S2/c1-3-32-23(31)17-14(13-7-5-4-6-8-13)10-33-20(17)25-15(27)9-26-11-24-19-16(21(26)28)12(2)18(34-19)22(29)30/h4-8,10-11H,3,9H2,1-2H3,(H,25,27)(H,29,30). The lowest BCUT2D eigenvalue weighted by Gasteiger charge is -2.10. The second kappa shape index (κ2) is 9.57. The number of anilines is 1. The van der Waals surface area contributed by atoms with Crippen LogP contribution < -0.4 is 10.9 Å². The van der Waals surface area contributed by atoms with Crippen molar-refractivity contribution in [1.82, 2.24) is 9.55 Å². The molecule has 0 saturated carbocycles. The van der Waals surface area contributed by atoms with Gasteiger partial charge in [0, 0.05) is 10.9 Å². The number of fused-ring (bicyclic) bond motifs is 1. The van der Waals surface area contributed by atoms with Crippen LogP contribution in [-0.4, -0.2) is 39.1 Å². The smallest absolute Gasteiger partial charge is 0.346 e. The van der Waals surface area contributed by atoms with Crippen molar-refractivity contribution >= 4 is 55.7 Å². The van der Waals surface area contributed by atoms with E-state index in [1.54, 1.807) is 12.3 Å². The molecule has 0 bridgehead atoms. The van der Waals surface area contributed by atoms with Crippen molar-refractivity contribution in [3.63, 3.8) is 0 Å². The molecule has 0 atom stereocenters. The van der Waals surface area contributed by atoms with E-state index in [2.05, 4.69) is 10.3 Å². The Labute approximate surface area is 201 Å². The van der Waals surface area contributed by atoms with E-state index >= 15 is 0 Å². The Hall–Kier alpha value is -3.83. The van der Waals surface area contributed by atoms with Gasteiger partial charge in [-0.05, 0) is 25.0 Å². The SMILES string of the molecule is CCOC(=O)c1c(-c2ccccc2)csc1NC(=O)Cn1cnc2sc(C(=O)O)c(C)c2c1=O. The van der Waals surface area contributed by atoms with E-state index in [9.17, 15) is 24.3 Å². The van der Waals surface area contributed by atoms with Crippen LogP contribution in [0, 0.1) is 6.92 Å². The van der Waals surface area contributed by atoms with Crippen LogP contribution in [-0.2, 0) is 16.1 Å². The first-order chi connectivity index (χ1) is 16.3. The number of amides is 1. The minimum atomic E-state index is -1.14. The number of carboxylic acids is 1. The maximum Gasteiger partial charge on any atom is 0.346 e. The summed E-state index contributed by atoms with van der Waals surface area (Å²) in [6, 6.07) is 9.26. The predicted molar refractivity (Wildman–Crippen MR) is 130 cm³/mol. The molecule has 0 radical (unpaired) electrons. The number of hydrogen-bond donors (Lipinski definition) is 2. The van der Waals surface area contributed by atoms with E-state index in [1.807, 2.05) is 30.3 Å². The number of nitrogens with zero attached hydrogens (tertiary/aromatic N) is 2. The van der Waals surface area contributed by atoms with Gasteiger partial charge < -0.3 is 15.2 Å². The highest BCUT2D eigenvalue weighted by molar-refractivity contribution is 7.20. The van der Waals surface area contributed by atoms with Crippen LogP contribution in [0.1, 0.15) is 32.5 Å². The van der Waals surface area contributed by atoms with Gasteiger partial charge in [0.15, 0.2) is 0 Å². The normalized spacial score (nSPS) is 10.9. The van der Waals surface area contributed by atoms with Gasteiger partial charge in [0.25, 0.3) is 5.56 Å². The average molecular weight is 498 g/mol. The molecule has 34 heavy (non-hydrogen) atoms. The molecule has 0 aliphatic heterocycles. The molecule has 3 aromatic heterocycles. The molecule has 4 aromatic rings. The van der Waals surface area contributed by atoms with E-state index in [0.717, 1.165) is 21.5 Å². The van der Waals surface area contributed by atoms with Crippen molar-refractivity contribution < 1.29 is 24.2 Å². The molecule has 0 fully saturated rings. The van der Waals surface area contributed by atoms with Gasteiger partial charge in [-0.15, -0.1) is 22.7 Å². The fourth-order valence-corrected chi connectivity index (χ4v) is 5.43. The van der Waals surface area contributed by atoms with Crippen molar-refractivity contribution in [2.24, 2.45) is 0 Å². The number of benzene rings is 1. The fourth-order valence-electron chi connectivity index (χ4n) is 3.48. The Morgan fingerprint density at radius 1 is 1.21 bits per heavy atom. The Balaban J connectivity index is 1.64. The van der Waals surface area contributed by atoms with Gasteiger partial charge in [-0.25, -0.2) is 14.6 Å². The number of aromatic carboxylic acids is 1. The predicted octanol–water partition coefficient (Wildman–Crippen LogP) is 4.01. The number of nitrogens with one attached hydrogen (secondary N) is 1. The molecular weight excluding hydrogens is 478 g/mol. The lowest BCUT2D eigenvalue weighted by Crippen LogP contribution is -2.28. The summed E-state index contributed by atoms with van der Waals surface area (Å²) < 4.78 is 6.31. The van der Waals surface area contributed by atoms with Crippen LogP contribution in [0.3, 0.4) is 0 Å². The van der Waals surface area contributed by atoms with Crippen molar-refractivity contribution in [2.75, 3.05) is 11.9 Å². The summed E-state index contributed by atoms with van der Waals surface area (Å²) in [7, 11) is 0. The summed E-state index contributed by atoms with van der Waals surface area (Å²) in [5, 5.41) is 14.3.